The molecule has 286 valence electrons. The molecule has 3 atom stereocenters. The molecule has 0 N–H and O–H groups in total. The molecule has 2 aromatic rings. The van der Waals surface area contributed by atoms with E-state index in [4.69, 9.17) is 24.6 Å². The van der Waals surface area contributed by atoms with Crippen LogP contribution in [-0.2, 0) is 22.6 Å². The van der Waals surface area contributed by atoms with Crippen LogP contribution in [0.2, 0.25) is 54.4 Å². The highest BCUT2D eigenvalue weighted by molar-refractivity contribution is 7.78. The number of ether oxygens (including phenoxy) is 1. The summed E-state index contributed by atoms with van der Waals surface area (Å²) in [5.41, 5.74) is 1.99. The van der Waals surface area contributed by atoms with E-state index in [1.807, 2.05) is 60.7 Å². The number of allylic oxidation sites excluding steroid dienone is 1. The van der Waals surface area contributed by atoms with Crippen LogP contribution >= 0.6 is 7.14 Å². The topological polar surface area (TPSA) is 54.0 Å². The van der Waals surface area contributed by atoms with Crippen molar-refractivity contribution < 1.29 is 22.6 Å². The number of hydrogen-bond acceptors (Lipinski definition) is 5. The fourth-order valence-corrected chi connectivity index (χ4v) is 11.7. The summed E-state index contributed by atoms with van der Waals surface area (Å²) >= 11 is 0. The molecular weight excluding hydrogens is 700 g/mol. The monoisotopic (exact) mass is 770 g/mol. The first-order valence-electron chi connectivity index (χ1n) is 18.9. The highest BCUT2D eigenvalue weighted by Crippen LogP contribution is 2.48. The van der Waals surface area contributed by atoms with Gasteiger partial charge in [-0.1, -0.05) is 136 Å². The second kappa shape index (κ2) is 16.6. The Morgan fingerprint density at radius 1 is 0.706 bits per heavy atom. The maximum absolute atomic E-state index is 15.1. The number of benzene rings is 2. The van der Waals surface area contributed by atoms with Gasteiger partial charge in [-0.15, -0.1) is 0 Å². The van der Waals surface area contributed by atoms with E-state index in [1.165, 1.54) is 0 Å². The lowest BCUT2D eigenvalue weighted by molar-refractivity contribution is -0.0879. The van der Waals surface area contributed by atoms with E-state index >= 15 is 4.57 Å². The van der Waals surface area contributed by atoms with Gasteiger partial charge in [0.15, 0.2) is 25.0 Å². The fourth-order valence-electron chi connectivity index (χ4n) is 5.50. The molecule has 9 heteroatoms. The van der Waals surface area contributed by atoms with Crippen molar-refractivity contribution in [3.05, 3.63) is 84.5 Å². The smallest absolute Gasteiger partial charge is 0.193 e. The van der Waals surface area contributed by atoms with E-state index in [9.17, 15) is 0 Å². The molecule has 3 rings (SSSR count). The Balaban J connectivity index is 2.07. The summed E-state index contributed by atoms with van der Waals surface area (Å²) in [5.74, 6) is 0. The zero-order valence-corrected chi connectivity index (χ0v) is 38.7. The predicted molar refractivity (Wildman–Crippen MR) is 228 cm³/mol. The molecule has 0 aromatic heterocycles. The van der Waals surface area contributed by atoms with Gasteiger partial charge in [-0.05, 0) is 72.0 Å². The van der Waals surface area contributed by atoms with Crippen LogP contribution in [-0.4, -0.2) is 62.6 Å². The van der Waals surface area contributed by atoms with E-state index in [0.717, 1.165) is 28.2 Å². The first kappa shape index (κ1) is 44.0. The summed E-state index contributed by atoms with van der Waals surface area (Å²) in [4.78, 5) is 0. The summed E-state index contributed by atoms with van der Waals surface area (Å²) in [6, 6.07) is 19.8. The SMILES string of the molecule is C=C1/C(=C\CP(=O)(c2ccccc2)c2ccccc2)C[C@@H](O[Si](C)(C)C(C)(C)C)[C@@H](OCCCO[Si](C)(C)C(C)(C)C)[C@@H]1O[Si](C)(C)C(C)(C)C. The molecule has 1 saturated carbocycles. The van der Waals surface area contributed by atoms with Crippen molar-refractivity contribution in [3.8, 4) is 0 Å². The maximum Gasteiger partial charge on any atom is 0.193 e. The predicted octanol–water partition coefficient (Wildman–Crippen LogP) is 11.5. The van der Waals surface area contributed by atoms with Gasteiger partial charge < -0.3 is 22.6 Å². The number of hydrogen-bond donors (Lipinski definition) is 0. The van der Waals surface area contributed by atoms with Crippen molar-refractivity contribution in [3.63, 3.8) is 0 Å². The second-order valence-corrected chi connectivity index (χ2v) is 36.3. The van der Waals surface area contributed by atoms with E-state index in [-0.39, 0.29) is 33.4 Å². The molecule has 0 radical (unpaired) electrons. The molecule has 1 aliphatic carbocycles. The van der Waals surface area contributed by atoms with Crippen molar-refractivity contribution in [2.75, 3.05) is 19.4 Å². The minimum absolute atomic E-state index is 0.0116. The zero-order chi connectivity index (χ0) is 38.7. The van der Waals surface area contributed by atoms with Crippen LogP contribution in [0.4, 0.5) is 0 Å². The van der Waals surface area contributed by atoms with Crippen LogP contribution < -0.4 is 10.6 Å². The Morgan fingerprint density at radius 2 is 1.16 bits per heavy atom. The summed E-state index contributed by atoms with van der Waals surface area (Å²) in [6.07, 6.45) is 3.08. The summed E-state index contributed by atoms with van der Waals surface area (Å²) in [5, 5.41) is 1.88. The van der Waals surface area contributed by atoms with Crippen LogP contribution in [0.3, 0.4) is 0 Å². The van der Waals surface area contributed by atoms with Gasteiger partial charge in [-0.25, -0.2) is 0 Å². The Labute approximate surface area is 315 Å². The molecule has 2 aromatic carbocycles. The number of rotatable bonds is 14. The molecule has 0 spiro atoms. The van der Waals surface area contributed by atoms with E-state index in [0.29, 0.717) is 25.8 Å². The van der Waals surface area contributed by atoms with Crippen molar-refractivity contribution in [1.82, 2.24) is 0 Å². The van der Waals surface area contributed by atoms with Crippen molar-refractivity contribution in [2.45, 2.75) is 148 Å². The van der Waals surface area contributed by atoms with Gasteiger partial charge in [0.05, 0.1) is 12.2 Å². The summed E-state index contributed by atoms with van der Waals surface area (Å²) in [7, 11) is -9.35. The summed E-state index contributed by atoms with van der Waals surface area (Å²) < 4.78 is 43.1. The quantitative estimate of drug-likeness (QED) is 0.109. The van der Waals surface area contributed by atoms with Gasteiger partial charge in [0.2, 0.25) is 0 Å². The molecule has 0 aliphatic heterocycles. The van der Waals surface area contributed by atoms with Gasteiger partial charge >= 0.3 is 0 Å². The molecular formula is C42H71O5PSi3. The van der Waals surface area contributed by atoms with Gasteiger partial charge in [-0.2, -0.15) is 0 Å². The lowest BCUT2D eigenvalue weighted by Crippen LogP contribution is -2.57. The zero-order valence-electron chi connectivity index (χ0n) is 34.8. The molecule has 0 unspecified atom stereocenters. The lowest BCUT2D eigenvalue weighted by atomic mass is 9.84. The first-order valence-corrected chi connectivity index (χ1v) is 29.5. The van der Waals surface area contributed by atoms with Gasteiger partial charge in [0, 0.05) is 36.4 Å². The molecule has 0 saturated heterocycles. The van der Waals surface area contributed by atoms with Gasteiger partial charge in [0.1, 0.15) is 13.2 Å². The average Bonchev–Trinajstić information content (AvgIpc) is 3.01. The van der Waals surface area contributed by atoms with E-state index in [2.05, 4.69) is 108 Å². The fraction of sp³-hybridized carbons (Fsp3) is 0.619. The van der Waals surface area contributed by atoms with E-state index < -0.39 is 32.1 Å². The molecule has 0 bridgehead atoms. The Bertz CT molecular complexity index is 1470. The minimum Gasteiger partial charge on any atom is -0.417 e. The third-order valence-electron chi connectivity index (χ3n) is 12.1. The average molecular weight is 771 g/mol. The van der Waals surface area contributed by atoms with Crippen LogP contribution in [0.15, 0.2) is 84.5 Å². The second-order valence-electron chi connectivity index (χ2n) is 19.1. The highest BCUT2D eigenvalue weighted by Gasteiger charge is 2.49. The normalized spacial score (nSPS) is 21.0. The van der Waals surface area contributed by atoms with Crippen LogP contribution in [0.25, 0.3) is 0 Å². The summed E-state index contributed by atoms with van der Waals surface area (Å²) in [6.45, 7) is 40.3. The Kier molecular flexibility index (Phi) is 14.3. The first-order chi connectivity index (χ1) is 23.2. The van der Waals surface area contributed by atoms with Gasteiger partial charge in [-0.3, -0.25) is 0 Å². The molecule has 51 heavy (non-hydrogen) atoms. The molecule has 1 aliphatic rings. The maximum atomic E-state index is 15.1. The molecule has 5 nitrogen and oxygen atoms in total. The van der Waals surface area contributed by atoms with Crippen molar-refractivity contribution >= 4 is 42.7 Å². The van der Waals surface area contributed by atoms with Crippen molar-refractivity contribution in [2.24, 2.45) is 0 Å². The standard InChI is InChI=1S/C42H71O5PSi3/c1-33-34(28-31-48(43,35-24-19-17-20-25-35)36-26-21-18-22-27-36)32-37(46-50(13,14)41(5,6)7)39(38(33)47-51(15,16)42(8,9)10)44-29-23-30-45-49(11,12)40(2,3)4/h17-22,24-28,37-39H,1,23,29-32H2,2-16H3/b34-28-/t37-,38-,39-/m1/s1. The Morgan fingerprint density at radius 3 is 1.61 bits per heavy atom. The molecule has 0 amide bonds. The molecule has 1 fully saturated rings. The lowest BCUT2D eigenvalue weighted by Gasteiger charge is -2.49. The Hall–Kier alpha value is -1.36. The third kappa shape index (κ3) is 10.9. The largest absolute Gasteiger partial charge is 0.417 e. The third-order valence-corrected chi connectivity index (χ3v) is 28.6. The van der Waals surface area contributed by atoms with Crippen LogP contribution in [0, 0.1) is 0 Å². The molecule has 0 heterocycles. The highest BCUT2D eigenvalue weighted by atomic mass is 31.2. The van der Waals surface area contributed by atoms with Crippen LogP contribution in [0.5, 0.6) is 0 Å². The van der Waals surface area contributed by atoms with Crippen molar-refractivity contribution in [1.29, 1.82) is 0 Å². The van der Waals surface area contributed by atoms with Gasteiger partial charge in [0.25, 0.3) is 0 Å². The van der Waals surface area contributed by atoms with E-state index in [1.54, 1.807) is 0 Å². The minimum atomic E-state index is -2.98. The van der Waals surface area contributed by atoms with Crippen LogP contribution in [0.1, 0.15) is 75.2 Å².